The van der Waals surface area contributed by atoms with Crippen LogP contribution in [0.1, 0.15) is 26.0 Å². The molecule has 0 aliphatic carbocycles. The first-order valence-corrected chi connectivity index (χ1v) is 12.5. The summed E-state index contributed by atoms with van der Waals surface area (Å²) in [4.78, 5) is 19.0. The molecule has 7 heteroatoms. The lowest BCUT2D eigenvalue weighted by atomic mass is 10.0. The molecule has 0 unspecified atom stereocenters. The van der Waals surface area contributed by atoms with Crippen LogP contribution in [0.15, 0.2) is 93.1 Å². The molecule has 0 aliphatic heterocycles. The largest absolute Gasteiger partial charge is 0.297 e. The number of fused-ring (bicyclic) bond motifs is 1. The van der Waals surface area contributed by atoms with Crippen LogP contribution in [-0.4, -0.2) is 19.8 Å². The summed E-state index contributed by atoms with van der Waals surface area (Å²) in [5.74, 6) is 0. The first-order valence-electron chi connectivity index (χ1n) is 11.6. The van der Waals surface area contributed by atoms with Gasteiger partial charge in [0.1, 0.15) is 0 Å². The fraction of sp³-hybridized carbons (Fsp3) is 0.179. The number of thiazole rings is 1. The third-order valence-electron chi connectivity index (χ3n) is 6.26. The van der Waals surface area contributed by atoms with E-state index in [0.29, 0.717) is 10.5 Å². The van der Waals surface area contributed by atoms with Gasteiger partial charge < -0.3 is 0 Å². The topological polar surface area (TPSA) is 56.6 Å². The number of hydrogen-bond donors (Lipinski definition) is 0. The van der Waals surface area contributed by atoms with Crippen LogP contribution >= 0.6 is 11.3 Å². The molecular formula is C28H27N5OS. The molecule has 0 fully saturated rings. The van der Waals surface area contributed by atoms with Crippen molar-refractivity contribution in [3.63, 3.8) is 0 Å². The van der Waals surface area contributed by atoms with E-state index < -0.39 is 0 Å². The summed E-state index contributed by atoms with van der Waals surface area (Å²) in [7, 11) is 1.88. The average Bonchev–Trinajstić information content (AvgIpc) is 3.37. The quantitative estimate of drug-likeness (QED) is 0.283. The summed E-state index contributed by atoms with van der Waals surface area (Å²) < 4.78 is 5.38. The van der Waals surface area contributed by atoms with Crippen molar-refractivity contribution in [2.45, 2.75) is 27.2 Å². The Kier molecular flexibility index (Phi) is 6.09. The molecule has 0 aliphatic rings. The number of nitrogens with zero attached hydrogens (tertiary/aromatic N) is 5. The van der Waals surface area contributed by atoms with E-state index in [9.17, 15) is 4.79 Å². The number of para-hydroxylation sites is 1. The highest BCUT2D eigenvalue weighted by molar-refractivity contribution is 7.07. The summed E-state index contributed by atoms with van der Waals surface area (Å²) in [6, 6.07) is 24.2. The Balaban J connectivity index is 1.76. The first kappa shape index (κ1) is 22.8. The number of aromatic nitrogens is 3. The van der Waals surface area contributed by atoms with Crippen LogP contribution in [0, 0.1) is 6.92 Å². The Labute approximate surface area is 207 Å². The predicted octanol–water partition coefficient (Wildman–Crippen LogP) is 6.03. The summed E-state index contributed by atoms with van der Waals surface area (Å²) in [5, 5.41) is 9.29. The van der Waals surface area contributed by atoms with Crippen LogP contribution in [0.3, 0.4) is 0 Å². The third-order valence-corrected chi connectivity index (χ3v) is 7.08. The molecule has 0 bridgehead atoms. The molecule has 2 aromatic heterocycles. The molecule has 35 heavy (non-hydrogen) atoms. The molecule has 0 saturated heterocycles. The van der Waals surface area contributed by atoms with E-state index >= 15 is 0 Å². The van der Waals surface area contributed by atoms with E-state index in [4.69, 9.17) is 10.1 Å². The van der Waals surface area contributed by atoms with Crippen molar-refractivity contribution in [2.75, 3.05) is 0 Å². The lowest BCUT2D eigenvalue weighted by Gasteiger charge is -2.08. The first-order chi connectivity index (χ1) is 17.0. The smallest absolute Gasteiger partial charge is 0.283 e. The van der Waals surface area contributed by atoms with Gasteiger partial charge in [-0.1, -0.05) is 67.6 Å². The molecule has 0 amide bonds. The Bertz CT molecular complexity index is 1680. The van der Waals surface area contributed by atoms with Gasteiger partial charge in [-0.15, -0.1) is 11.3 Å². The number of hydrogen-bond acceptors (Lipinski definition) is 4. The highest BCUT2D eigenvalue weighted by Crippen LogP contribution is 2.29. The second-order valence-corrected chi connectivity index (χ2v) is 9.29. The molecule has 0 atom stereocenters. The van der Waals surface area contributed by atoms with Gasteiger partial charge in [-0.3, -0.25) is 9.48 Å². The van der Waals surface area contributed by atoms with Gasteiger partial charge >= 0.3 is 0 Å². The zero-order valence-corrected chi connectivity index (χ0v) is 21.1. The molecular weight excluding hydrogens is 454 g/mol. The second-order valence-electron chi connectivity index (χ2n) is 8.45. The fourth-order valence-corrected chi connectivity index (χ4v) is 4.95. The lowest BCUT2D eigenvalue weighted by molar-refractivity contribution is 0.630. The second kappa shape index (κ2) is 9.35. The van der Waals surface area contributed by atoms with Gasteiger partial charge in [-0.05, 0) is 43.2 Å². The van der Waals surface area contributed by atoms with Crippen molar-refractivity contribution < 1.29 is 0 Å². The van der Waals surface area contributed by atoms with Gasteiger partial charge in [0.25, 0.3) is 5.56 Å². The summed E-state index contributed by atoms with van der Waals surface area (Å²) in [5.41, 5.74) is 4.88. The Hall–Kier alpha value is -3.97. The molecule has 176 valence electrons. The fourth-order valence-electron chi connectivity index (χ4n) is 4.13. The molecule has 0 radical (unpaired) electrons. The predicted molar refractivity (Wildman–Crippen MR) is 145 cm³/mol. The highest BCUT2D eigenvalue weighted by Gasteiger charge is 2.17. The molecule has 0 N–H and O–H groups in total. The van der Waals surface area contributed by atoms with Crippen molar-refractivity contribution in [3.8, 4) is 16.9 Å². The van der Waals surface area contributed by atoms with E-state index in [0.717, 1.165) is 40.2 Å². The molecule has 0 spiro atoms. The molecule has 6 nitrogen and oxygen atoms in total. The van der Waals surface area contributed by atoms with Gasteiger partial charge in [0.2, 0.25) is 4.80 Å². The van der Waals surface area contributed by atoms with Crippen molar-refractivity contribution in [3.05, 3.63) is 99.0 Å². The molecule has 5 rings (SSSR count). The highest BCUT2D eigenvalue weighted by atomic mass is 32.1. The zero-order chi connectivity index (χ0) is 24.5. The summed E-state index contributed by atoms with van der Waals surface area (Å²) >= 11 is 1.49. The van der Waals surface area contributed by atoms with E-state index in [1.807, 2.05) is 72.7 Å². The summed E-state index contributed by atoms with van der Waals surface area (Å²) in [6.45, 7) is 6.02. The lowest BCUT2D eigenvalue weighted by Crippen LogP contribution is -2.20. The number of benzene rings is 3. The van der Waals surface area contributed by atoms with Gasteiger partial charge in [0.05, 0.1) is 17.1 Å². The Morgan fingerprint density at radius 1 is 0.971 bits per heavy atom. The van der Waals surface area contributed by atoms with Gasteiger partial charge in [0.15, 0.2) is 5.69 Å². The standard InChI is InChI=1S/C28H27N5OS/c1-5-19(2)30-32-25(24-17-11-13-21-12-9-10-16-23(21)24)18-35-28(32)29-26-20(3)31(4)33(27(26)34)22-14-7-6-8-15-22/h6-18H,5H2,1-4H3. The zero-order valence-electron chi connectivity index (χ0n) is 20.3. The van der Waals surface area contributed by atoms with E-state index in [1.54, 1.807) is 4.68 Å². The number of rotatable bonds is 5. The summed E-state index contributed by atoms with van der Waals surface area (Å²) in [6.07, 6.45) is 0.822. The Morgan fingerprint density at radius 2 is 1.69 bits per heavy atom. The van der Waals surface area contributed by atoms with Crippen molar-refractivity contribution in [2.24, 2.45) is 17.1 Å². The SMILES string of the molecule is CCC(C)=Nn1c(-c2cccc3ccccc23)csc1=Nc1c(C)n(C)n(-c2ccccc2)c1=O. The maximum Gasteiger partial charge on any atom is 0.297 e. The molecule has 5 aromatic rings. The average molecular weight is 482 g/mol. The van der Waals surface area contributed by atoms with E-state index in [-0.39, 0.29) is 5.56 Å². The van der Waals surface area contributed by atoms with Crippen LogP contribution in [-0.2, 0) is 7.05 Å². The van der Waals surface area contributed by atoms with Crippen LogP contribution in [0.4, 0.5) is 5.69 Å². The third kappa shape index (κ3) is 4.08. The van der Waals surface area contributed by atoms with Crippen LogP contribution in [0.5, 0.6) is 0 Å². The van der Waals surface area contributed by atoms with Crippen LogP contribution < -0.4 is 10.4 Å². The van der Waals surface area contributed by atoms with Crippen molar-refractivity contribution in [1.82, 2.24) is 14.0 Å². The molecule has 0 saturated carbocycles. The van der Waals surface area contributed by atoms with E-state index in [1.165, 1.54) is 16.7 Å². The van der Waals surface area contributed by atoms with E-state index in [2.05, 4.69) is 42.6 Å². The van der Waals surface area contributed by atoms with Gasteiger partial charge in [-0.2, -0.15) is 5.10 Å². The minimum absolute atomic E-state index is 0.154. The maximum absolute atomic E-state index is 13.5. The minimum atomic E-state index is -0.154. The monoisotopic (exact) mass is 481 g/mol. The van der Waals surface area contributed by atoms with Gasteiger partial charge in [0, 0.05) is 23.7 Å². The van der Waals surface area contributed by atoms with Crippen molar-refractivity contribution >= 4 is 33.5 Å². The van der Waals surface area contributed by atoms with Crippen LogP contribution in [0.25, 0.3) is 27.7 Å². The molecule has 3 aromatic carbocycles. The van der Waals surface area contributed by atoms with Crippen LogP contribution in [0.2, 0.25) is 0 Å². The van der Waals surface area contributed by atoms with Crippen molar-refractivity contribution in [1.29, 1.82) is 0 Å². The maximum atomic E-state index is 13.5. The molecule has 2 heterocycles. The Morgan fingerprint density at radius 3 is 2.46 bits per heavy atom. The minimum Gasteiger partial charge on any atom is -0.283 e. The normalized spacial score (nSPS) is 12.6. The van der Waals surface area contributed by atoms with Gasteiger partial charge in [-0.25, -0.2) is 14.4 Å².